The molecule has 158 valence electrons. The maximum atomic E-state index is 12.6. The Bertz CT molecular complexity index is 1290. The van der Waals surface area contributed by atoms with Crippen LogP contribution in [0.25, 0.3) is 10.9 Å². The first-order valence-corrected chi connectivity index (χ1v) is 11.2. The van der Waals surface area contributed by atoms with Crippen LogP contribution < -0.4 is 9.47 Å². The Hall–Kier alpha value is -2.63. The fourth-order valence-corrected chi connectivity index (χ4v) is 7.22. The molecule has 4 atom stereocenters. The molecule has 1 spiro atoms. The first-order valence-electron chi connectivity index (χ1n) is 11.2. The third kappa shape index (κ3) is 1.86. The summed E-state index contributed by atoms with van der Waals surface area (Å²) >= 11 is 0. The molecule has 0 amide bonds. The van der Waals surface area contributed by atoms with Crippen molar-refractivity contribution in [3.63, 3.8) is 0 Å². The van der Waals surface area contributed by atoms with Crippen molar-refractivity contribution in [2.75, 3.05) is 20.7 Å². The van der Waals surface area contributed by atoms with Gasteiger partial charge in [0.1, 0.15) is 0 Å². The predicted molar refractivity (Wildman–Crippen MR) is 118 cm³/mol. The number of hydrogen-bond donors (Lipinski definition) is 1. The number of pyridine rings is 1. The van der Waals surface area contributed by atoms with E-state index in [0.717, 1.165) is 53.0 Å². The van der Waals surface area contributed by atoms with Crippen molar-refractivity contribution in [1.82, 2.24) is 9.88 Å². The Balaban J connectivity index is 1.60. The minimum absolute atomic E-state index is 0.0539. The quantitative estimate of drug-likeness (QED) is 0.661. The highest BCUT2D eigenvalue weighted by atomic mass is 16.5. The van der Waals surface area contributed by atoms with Gasteiger partial charge in [0.15, 0.2) is 17.6 Å². The summed E-state index contributed by atoms with van der Waals surface area (Å²) in [4.78, 5) is 7.50. The molecular weight excluding hydrogens is 388 g/mol. The zero-order valence-electron chi connectivity index (χ0n) is 18.1. The maximum absolute atomic E-state index is 12.6. The molecule has 0 saturated carbocycles. The monoisotopic (exact) mass is 414 g/mol. The van der Waals surface area contributed by atoms with Crippen LogP contribution >= 0.6 is 0 Å². The molecule has 5 nitrogen and oxygen atoms in total. The number of fused-ring (bicyclic) bond motifs is 3. The van der Waals surface area contributed by atoms with Crippen molar-refractivity contribution in [3.05, 3.63) is 64.3 Å². The lowest BCUT2D eigenvalue weighted by Gasteiger charge is -2.62. The van der Waals surface area contributed by atoms with Gasteiger partial charge in [-0.25, -0.2) is 4.98 Å². The summed E-state index contributed by atoms with van der Waals surface area (Å²) in [5.41, 5.74) is 5.40. The second-order valence-electron chi connectivity index (χ2n) is 9.77. The van der Waals surface area contributed by atoms with Crippen molar-refractivity contribution >= 4 is 10.9 Å². The fraction of sp³-hybridized carbons (Fsp3) is 0.423. The molecular formula is C26H26N2O3. The van der Waals surface area contributed by atoms with Gasteiger partial charge in [-0.05, 0) is 62.2 Å². The molecule has 4 aliphatic rings. The molecule has 5 heteroatoms. The molecule has 31 heavy (non-hydrogen) atoms. The van der Waals surface area contributed by atoms with Crippen molar-refractivity contribution in [2.45, 2.75) is 49.3 Å². The van der Waals surface area contributed by atoms with Crippen LogP contribution in [0.15, 0.2) is 36.4 Å². The molecule has 2 aliphatic carbocycles. The predicted octanol–water partition coefficient (Wildman–Crippen LogP) is 3.47. The lowest BCUT2D eigenvalue weighted by Crippen LogP contribution is -2.74. The summed E-state index contributed by atoms with van der Waals surface area (Å²) in [5.74, 6) is 1.56. The Labute approximate surface area is 181 Å². The molecule has 3 heterocycles. The number of aryl methyl sites for hydroxylation is 1. The fourth-order valence-electron chi connectivity index (χ4n) is 7.22. The summed E-state index contributed by atoms with van der Waals surface area (Å²) in [7, 11) is 3.84. The molecule has 2 bridgehead atoms. The van der Waals surface area contributed by atoms with Gasteiger partial charge in [0.05, 0.1) is 29.3 Å². The van der Waals surface area contributed by atoms with Crippen LogP contribution in [0, 0.1) is 6.92 Å². The highest BCUT2D eigenvalue weighted by molar-refractivity contribution is 5.84. The van der Waals surface area contributed by atoms with Crippen LogP contribution in [-0.2, 0) is 18.3 Å². The number of likely N-dealkylation sites (tertiary alicyclic amines) is 1. The third-order valence-corrected chi connectivity index (χ3v) is 8.69. The number of likely N-dealkylation sites (N-methyl/N-ethyl adjacent to an activating group) is 1. The number of ether oxygens (including phenoxy) is 2. The number of methoxy groups -OCH3 is 1. The number of hydrogen-bond acceptors (Lipinski definition) is 5. The van der Waals surface area contributed by atoms with Gasteiger partial charge in [-0.15, -0.1) is 0 Å². The van der Waals surface area contributed by atoms with E-state index < -0.39 is 11.0 Å². The van der Waals surface area contributed by atoms with Crippen molar-refractivity contribution in [3.8, 4) is 11.5 Å². The van der Waals surface area contributed by atoms with Gasteiger partial charge in [-0.3, -0.25) is 0 Å². The van der Waals surface area contributed by atoms with E-state index >= 15 is 0 Å². The molecule has 1 N–H and O–H groups in total. The number of rotatable bonds is 1. The number of piperidine rings is 1. The summed E-state index contributed by atoms with van der Waals surface area (Å²) in [6.45, 7) is 3.10. The third-order valence-electron chi connectivity index (χ3n) is 8.69. The van der Waals surface area contributed by atoms with E-state index in [2.05, 4.69) is 43.1 Å². The lowest BCUT2D eigenvalue weighted by atomic mass is 9.48. The van der Waals surface area contributed by atoms with E-state index in [4.69, 9.17) is 14.5 Å². The highest BCUT2D eigenvalue weighted by Gasteiger charge is 2.72. The molecule has 2 aliphatic heterocycles. The Kier molecular flexibility index (Phi) is 3.24. The van der Waals surface area contributed by atoms with Crippen LogP contribution in [0.5, 0.6) is 11.5 Å². The topological polar surface area (TPSA) is 54.8 Å². The molecule has 1 fully saturated rings. The average molecular weight is 415 g/mol. The zero-order valence-corrected chi connectivity index (χ0v) is 18.1. The highest BCUT2D eigenvalue weighted by Crippen LogP contribution is 2.68. The molecule has 0 radical (unpaired) electrons. The second-order valence-corrected chi connectivity index (χ2v) is 9.77. The lowest BCUT2D eigenvalue weighted by molar-refractivity contribution is -0.168. The van der Waals surface area contributed by atoms with Crippen LogP contribution in [0.4, 0.5) is 0 Å². The van der Waals surface area contributed by atoms with E-state index in [9.17, 15) is 5.11 Å². The van der Waals surface area contributed by atoms with Crippen molar-refractivity contribution in [1.29, 1.82) is 0 Å². The van der Waals surface area contributed by atoms with E-state index in [1.54, 1.807) is 7.11 Å². The van der Waals surface area contributed by atoms with Gasteiger partial charge < -0.3 is 19.5 Å². The van der Waals surface area contributed by atoms with Crippen molar-refractivity contribution < 1.29 is 14.6 Å². The van der Waals surface area contributed by atoms with Crippen LogP contribution in [0.3, 0.4) is 0 Å². The molecule has 2 unspecified atom stereocenters. The molecule has 3 aromatic rings. The number of aromatic nitrogens is 1. The number of aliphatic hydroxyl groups is 1. The standard InChI is InChI=1S/C26H26N2O3/c1-14-16-6-4-5-7-18(16)27-22-17(14)13-26(29)20-12-15-8-9-19(30-3)23-21(15)25(26,24(22)31-23)10-11-28(20)2/h4-9,20,24,29H,10-13H2,1-3H3/t20-,24?,25+,26?/m1/s1. The Morgan fingerprint density at radius 3 is 2.90 bits per heavy atom. The van der Waals surface area contributed by atoms with E-state index in [1.807, 2.05) is 12.1 Å². The SMILES string of the molecule is COc1ccc2c3c1OC1c4nc5ccccc5c(C)c4CC4(O)[C@@H](C2)N(C)CC[C@]314. The number of para-hydroxylation sites is 1. The average Bonchev–Trinajstić information content (AvgIpc) is 3.13. The van der Waals surface area contributed by atoms with Crippen LogP contribution in [0.1, 0.15) is 40.5 Å². The normalized spacial score (nSPS) is 32.4. The van der Waals surface area contributed by atoms with Gasteiger partial charge >= 0.3 is 0 Å². The zero-order chi connectivity index (χ0) is 21.1. The van der Waals surface area contributed by atoms with E-state index in [0.29, 0.717) is 6.42 Å². The van der Waals surface area contributed by atoms with E-state index in [1.165, 1.54) is 16.7 Å². The molecule has 1 aromatic heterocycles. The van der Waals surface area contributed by atoms with Gasteiger partial charge in [0, 0.05) is 23.4 Å². The Morgan fingerprint density at radius 1 is 1.23 bits per heavy atom. The van der Waals surface area contributed by atoms with Crippen molar-refractivity contribution in [2.24, 2.45) is 0 Å². The maximum Gasteiger partial charge on any atom is 0.166 e. The minimum Gasteiger partial charge on any atom is -0.493 e. The van der Waals surface area contributed by atoms with Crippen LogP contribution in [0.2, 0.25) is 0 Å². The molecule has 1 saturated heterocycles. The van der Waals surface area contributed by atoms with Gasteiger partial charge in [-0.1, -0.05) is 24.3 Å². The summed E-state index contributed by atoms with van der Waals surface area (Å²) in [6, 6.07) is 12.5. The van der Waals surface area contributed by atoms with E-state index in [-0.39, 0.29) is 12.1 Å². The summed E-state index contributed by atoms with van der Waals surface area (Å²) < 4.78 is 12.5. The smallest absolute Gasteiger partial charge is 0.166 e. The Morgan fingerprint density at radius 2 is 2.06 bits per heavy atom. The minimum atomic E-state index is -0.906. The summed E-state index contributed by atoms with van der Waals surface area (Å²) in [6.07, 6.45) is 1.98. The van der Waals surface area contributed by atoms with Gasteiger partial charge in [-0.2, -0.15) is 0 Å². The first-order chi connectivity index (χ1) is 15.0. The van der Waals surface area contributed by atoms with Gasteiger partial charge in [0.25, 0.3) is 0 Å². The number of nitrogens with zero attached hydrogens (tertiary/aromatic N) is 2. The van der Waals surface area contributed by atoms with Gasteiger partial charge in [0.2, 0.25) is 0 Å². The van der Waals surface area contributed by atoms with Crippen LogP contribution in [-0.4, -0.2) is 47.3 Å². The summed E-state index contributed by atoms with van der Waals surface area (Å²) in [5, 5.41) is 13.8. The largest absolute Gasteiger partial charge is 0.493 e. The second kappa shape index (κ2) is 5.59. The number of benzene rings is 2. The molecule has 7 rings (SSSR count). The molecule has 2 aromatic carbocycles. The first kappa shape index (κ1) is 18.0.